The van der Waals surface area contributed by atoms with Gasteiger partial charge in [-0.25, -0.2) is 8.78 Å². The minimum atomic E-state index is -0.811. The van der Waals surface area contributed by atoms with Crippen LogP contribution in [0.15, 0.2) is 42.5 Å². The van der Waals surface area contributed by atoms with Gasteiger partial charge in [-0.05, 0) is 23.8 Å². The molecule has 1 heterocycles. The molecule has 3 rings (SSSR count). The zero-order valence-corrected chi connectivity index (χ0v) is 9.99. The van der Waals surface area contributed by atoms with Crippen molar-refractivity contribution in [3.63, 3.8) is 0 Å². The van der Waals surface area contributed by atoms with Gasteiger partial charge in [0.05, 0.1) is 11.5 Å². The third-order valence-corrected chi connectivity index (χ3v) is 3.35. The molecule has 0 aliphatic carbocycles. The van der Waals surface area contributed by atoms with Crippen molar-refractivity contribution < 1.29 is 13.6 Å². The van der Waals surface area contributed by atoms with Gasteiger partial charge in [0.25, 0.3) is 0 Å². The summed E-state index contributed by atoms with van der Waals surface area (Å²) in [5.74, 6) is -2.24. The van der Waals surface area contributed by atoms with E-state index in [2.05, 4.69) is 5.32 Å². The lowest BCUT2D eigenvalue weighted by atomic mass is 9.92. The molecule has 0 saturated heterocycles. The fourth-order valence-corrected chi connectivity index (χ4v) is 2.39. The Kier molecular flexibility index (Phi) is 2.78. The topological polar surface area (TPSA) is 29.1 Å². The first kappa shape index (κ1) is 11.8. The normalized spacial score (nSPS) is 16.8. The third-order valence-electron chi connectivity index (χ3n) is 3.35. The second-order valence-corrected chi connectivity index (χ2v) is 4.51. The van der Waals surface area contributed by atoms with Gasteiger partial charge in [0.15, 0.2) is 5.78 Å². The average molecular weight is 259 g/mol. The molecule has 1 N–H and O–H groups in total. The number of rotatable bonds is 2. The van der Waals surface area contributed by atoms with Crippen LogP contribution >= 0.6 is 0 Å². The number of benzene rings is 2. The summed E-state index contributed by atoms with van der Waals surface area (Å²) < 4.78 is 26.5. The minimum Gasteiger partial charge on any atom is -0.384 e. The summed E-state index contributed by atoms with van der Waals surface area (Å²) in [6.45, 7) is 0.439. The standard InChI is InChI=1S/C15H11F2NO/c16-9-5-6-11(13(17)7-9)15(19)12-8-18-14-4-2-1-3-10(12)14/h1-7,12,18H,8H2. The first-order valence-electron chi connectivity index (χ1n) is 5.99. The summed E-state index contributed by atoms with van der Waals surface area (Å²) in [4.78, 5) is 12.3. The van der Waals surface area contributed by atoms with Gasteiger partial charge < -0.3 is 5.32 Å². The van der Waals surface area contributed by atoms with E-state index in [1.165, 1.54) is 6.07 Å². The van der Waals surface area contributed by atoms with E-state index in [1.54, 1.807) is 0 Å². The second kappa shape index (κ2) is 4.46. The quantitative estimate of drug-likeness (QED) is 0.838. The van der Waals surface area contributed by atoms with Crippen LogP contribution in [0.1, 0.15) is 21.8 Å². The van der Waals surface area contributed by atoms with Crippen LogP contribution in [-0.2, 0) is 0 Å². The lowest BCUT2D eigenvalue weighted by Gasteiger charge is -2.10. The van der Waals surface area contributed by atoms with Crippen LogP contribution in [0.3, 0.4) is 0 Å². The Balaban J connectivity index is 1.98. The molecule has 0 saturated carbocycles. The molecule has 4 heteroatoms. The summed E-state index contributed by atoms with van der Waals surface area (Å²) in [5.41, 5.74) is 1.68. The molecule has 0 bridgehead atoms. The van der Waals surface area contributed by atoms with Crippen molar-refractivity contribution in [3.8, 4) is 0 Å². The number of para-hydroxylation sites is 1. The highest BCUT2D eigenvalue weighted by Crippen LogP contribution is 2.33. The first-order valence-corrected chi connectivity index (χ1v) is 5.99. The van der Waals surface area contributed by atoms with Crippen molar-refractivity contribution in [2.24, 2.45) is 0 Å². The average Bonchev–Trinajstić information content (AvgIpc) is 2.82. The van der Waals surface area contributed by atoms with Crippen LogP contribution in [0.2, 0.25) is 0 Å². The Bertz CT molecular complexity index is 654. The number of carbonyl (C=O) groups is 1. The lowest BCUT2D eigenvalue weighted by molar-refractivity contribution is 0.0962. The van der Waals surface area contributed by atoms with Gasteiger partial charge in [0.2, 0.25) is 0 Å². The van der Waals surface area contributed by atoms with E-state index < -0.39 is 17.6 Å². The van der Waals surface area contributed by atoms with Crippen LogP contribution in [0.5, 0.6) is 0 Å². The highest BCUT2D eigenvalue weighted by atomic mass is 19.1. The summed E-state index contributed by atoms with van der Waals surface area (Å²) in [6, 6.07) is 10.5. The van der Waals surface area contributed by atoms with Crippen molar-refractivity contribution in [2.75, 3.05) is 11.9 Å². The minimum absolute atomic E-state index is 0.0649. The van der Waals surface area contributed by atoms with Gasteiger partial charge in [-0.15, -0.1) is 0 Å². The predicted molar refractivity (Wildman–Crippen MR) is 68.4 cm³/mol. The molecule has 0 radical (unpaired) electrons. The van der Waals surface area contributed by atoms with Gasteiger partial charge in [-0.2, -0.15) is 0 Å². The molecular weight excluding hydrogens is 248 g/mol. The molecule has 1 aliphatic heterocycles. The van der Waals surface area contributed by atoms with Gasteiger partial charge in [-0.1, -0.05) is 18.2 Å². The summed E-state index contributed by atoms with van der Waals surface area (Å²) in [5, 5.41) is 3.11. The molecule has 0 spiro atoms. The number of ketones is 1. The molecule has 0 amide bonds. The first-order chi connectivity index (χ1) is 9.16. The molecule has 2 nitrogen and oxygen atoms in total. The number of hydrogen-bond acceptors (Lipinski definition) is 2. The Hall–Kier alpha value is -2.23. The molecule has 0 aromatic heterocycles. The summed E-state index contributed by atoms with van der Waals surface area (Å²) in [7, 11) is 0. The summed E-state index contributed by atoms with van der Waals surface area (Å²) in [6.07, 6.45) is 0. The highest BCUT2D eigenvalue weighted by Gasteiger charge is 2.30. The zero-order chi connectivity index (χ0) is 13.4. The molecular formula is C15H11F2NO. The summed E-state index contributed by atoms with van der Waals surface area (Å²) >= 11 is 0. The fraction of sp³-hybridized carbons (Fsp3) is 0.133. The molecule has 19 heavy (non-hydrogen) atoms. The monoisotopic (exact) mass is 259 g/mol. The number of hydrogen-bond donors (Lipinski definition) is 1. The van der Waals surface area contributed by atoms with Crippen LogP contribution in [-0.4, -0.2) is 12.3 Å². The van der Waals surface area contributed by atoms with Crippen LogP contribution in [0, 0.1) is 11.6 Å². The molecule has 1 aliphatic rings. The van der Waals surface area contributed by atoms with E-state index in [0.717, 1.165) is 23.4 Å². The van der Waals surface area contributed by atoms with Crippen molar-refractivity contribution in [1.82, 2.24) is 0 Å². The molecule has 0 fully saturated rings. The maximum atomic E-state index is 13.6. The number of anilines is 1. The van der Waals surface area contributed by atoms with E-state index in [0.29, 0.717) is 6.54 Å². The van der Waals surface area contributed by atoms with Gasteiger partial charge in [0.1, 0.15) is 11.6 Å². The van der Waals surface area contributed by atoms with Crippen LogP contribution in [0.4, 0.5) is 14.5 Å². The van der Waals surface area contributed by atoms with E-state index in [9.17, 15) is 13.6 Å². The number of Topliss-reactive ketones (excluding diaryl/α,β-unsaturated/α-hetero) is 1. The molecule has 2 aromatic rings. The van der Waals surface area contributed by atoms with Crippen molar-refractivity contribution in [1.29, 1.82) is 0 Å². The number of nitrogens with one attached hydrogen (secondary N) is 1. The Morgan fingerprint density at radius 1 is 1.16 bits per heavy atom. The SMILES string of the molecule is O=C(c1ccc(F)cc1F)C1CNc2ccccc21. The maximum Gasteiger partial charge on any atom is 0.175 e. The highest BCUT2D eigenvalue weighted by molar-refractivity contribution is 6.03. The Morgan fingerprint density at radius 3 is 2.74 bits per heavy atom. The van der Waals surface area contributed by atoms with E-state index in [1.807, 2.05) is 24.3 Å². The van der Waals surface area contributed by atoms with Gasteiger partial charge in [0, 0.05) is 18.3 Å². The van der Waals surface area contributed by atoms with Crippen LogP contribution < -0.4 is 5.32 Å². The third kappa shape index (κ3) is 1.99. The van der Waals surface area contributed by atoms with E-state index >= 15 is 0 Å². The number of fused-ring (bicyclic) bond motifs is 1. The van der Waals surface area contributed by atoms with Crippen LogP contribution in [0.25, 0.3) is 0 Å². The number of carbonyl (C=O) groups excluding carboxylic acids is 1. The zero-order valence-electron chi connectivity index (χ0n) is 9.99. The van der Waals surface area contributed by atoms with E-state index in [-0.39, 0.29) is 11.3 Å². The second-order valence-electron chi connectivity index (χ2n) is 4.51. The Labute approximate surface area is 109 Å². The smallest absolute Gasteiger partial charge is 0.175 e. The van der Waals surface area contributed by atoms with Gasteiger partial charge >= 0.3 is 0 Å². The molecule has 96 valence electrons. The molecule has 1 atom stereocenters. The van der Waals surface area contributed by atoms with Crippen molar-refractivity contribution in [3.05, 3.63) is 65.2 Å². The Morgan fingerprint density at radius 2 is 1.95 bits per heavy atom. The largest absolute Gasteiger partial charge is 0.384 e. The van der Waals surface area contributed by atoms with Crippen molar-refractivity contribution >= 4 is 11.5 Å². The lowest BCUT2D eigenvalue weighted by Crippen LogP contribution is -2.16. The predicted octanol–water partition coefficient (Wildman–Crippen LogP) is 3.36. The molecule has 2 aromatic carbocycles. The van der Waals surface area contributed by atoms with E-state index in [4.69, 9.17) is 0 Å². The maximum absolute atomic E-state index is 13.6. The molecule has 1 unspecified atom stereocenters. The fourth-order valence-electron chi connectivity index (χ4n) is 2.39. The number of halogens is 2. The van der Waals surface area contributed by atoms with Crippen molar-refractivity contribution in [2.45, 2.75) is 5.92 Å². The van der Waals surface area contributed by atoms with Gasteiger partial charge in [-0.3, -0.25) is 4.79 Å².